The second kappa shape index (κ2) is 5.94. The number of likely N-dealkylation sites (tertiary alicyclic amines) is 1. The first kappa shape index (κ1) is 13.6. The first-order valence-electron chi connectivity index (χ1n) is 7.78. The molecule has 2 aliphatic heterocycles. The summed E-state index contributed by atoms with van der Waals surface area (Å²) in [5.74, 6) is 0.927. The summed E-state index contributed by atoms with van der Waals surface area (Å²) in [6.45, 7) is 8.38. The van der Waals surface area contributed by atoms with Crippen LogP contribution >= 0.6 is 11.3 Å². The highest BCUT2D eigenvalue weighted by Crippen LogP contribution is 2.32. The lowest BCUT2D eigenvalue weighted by Crippen LogP contribution is -2.41. The van der Waals surface area contributed by atoms with Crippen LogP contribution in [-0.4, -0.2) is 30.6 Å². The number of hydrogen-bond acceptors (Lipinski definition) is 3. The fraction of sp³-hybridized carbons (Fsp3) is 0.750. The van der Waals surface area contributed by atoms with Gasteiger partial charge >= 0.3 is 0 Å². The lowest BCUT2D eigenvalue weighted by molar-refractivity contribution is 0.128. The summed E-state index contributed by atoms with van der Waals surface area (Å²) in [7, 11) is 0. The quantitative estimate of drug-likeness (QED) is 0.909. The maximum Gasteiger partial charge on any atom is 0.0413 e. The van der Waals surface area contributed by atoms with Crippen LogP contribution in [0.4, 0.5) is 0 Å². The molecule has 3 heteroatoms. The maximum atomic E-state index is 3.69. The van der Waals surface area contributed by atoms with Gasteiger partial charge in [0.05, 0.1) is 0 Å². The Morgan fingerprint density at radius 1 is 1.26 bits per heavy atom. The van der Waals surface area contributed by atoms with Crippen molar-refractivity contribution in [1.29, 1.82) is 0 Å². The molecule has 3 rings (SSSR count). The zero-order valence-electron chi connectivity index (χ0n) is 12.2. The largest absolute Gasteiger partial charge is 0.314 e. The Hall–Kier alpha value is -0.380. The van der Waals surface area contributed by atoms with E-state index in [0.29, 0.717) is 6.04 Å². The molecule has 1 aromatic heterocycles. The molecule has 0 bridgehead atoms. The normalized spacial score (nSPS) is 27.8. The van der Waals surface area contributed by atoms with E-state index in [-0.39, 0.29) is 0 Å². The Bertz CT molecular complexity index is 401. The molecule has 2 nitrogen and oxygen atoms in total. The Balaban J connectivity index is 1.54. The number of thiophene rings is 1. The molecule has 2 fully saturated rings. The molecule has 1 aromatic rings. The average molecular weight is 278 g/mol. The zero-order valence-corrected chi connectivity index (χ0v) is 13.0. The van der Waals surface area contributed by atoms with E-state index < -0.39 is 0 Å². The van der Waals surface area contributed by atoms with Crippen molar-refractivity contribution in [2.75, 3.05) is 19.6 Å². The van der Waals surface area contributed by atoms with Crippen molar-refractivity contribution in [3.63, 3.8) is 0 Å². The van der Waals surface area contributed by atoms with E-state index in [2.05, 4.69) is 36.2 Å². The molecule has 19 heavy (non-hydrogen) atoms. The molecule has 2 saturated heterocycles. The van der Waals surface area contributed by atoms with Crippen LogP contribution in [0.2, 0.25) is 0 Å². The van der Waals surface area contributed by atoms with E-state index >= 15 is 0 Å². The molecular weight excluding hydrogens is 252 g/mol. The summed E-state index contributed by atoms with van der Waals surface area (Å²) in [5.41, 5.74) is 0. The summed E-state index contributed by atoms with van der Waals surface area (Å²) in [5, 5.41) is 3.69. The molecule has 0 amide bonds. The molecule has 0 saturated carbocycles. The van der Waals surface area contributed by atoms with E-state index in [1.807, 2.05) is 11.3 Å². The van der Waals surface area contributed by atoms with Gasteiger partial charge in [-0.3, -0.25) is 4.90 Å². The maximum absolute atomic E-state index is 3.69. The molecule has 1 N–H and O–H groups in total. The number of aryl methyl sites for hydroxylation is 1. The molecule has 2 aliphatic rings. The van der Waals surface area contributed by atoms with Crippen molar-refractivity contribution in [2.45, 2.75) is 51.6 Å². The average Bonchev–Trinajstić information content (AvgIpc) is 3.09. The highest BCUT2D eigenvalue weighted by molar-refractivity contribution is 7.12. The van der Waals surface area contributed by atoms with Gasteiger partial charge < -0.3 is 5.32 Å². The molecule has 0 aromatic carbocycles. The monoisotopic (exact) mass is 278 g/mol. The number of nitrogens with zero attached hydrogens (tertiary/aromatic N) is 1. The van der Waals surface area contributed by atoms with Gasteiger partial charge in [0.2, 0.25) is 0 Å². The van der Waals surface area contributed by atoms with Crippen LogP contribution in [0.1, 0.15) is 48.4 Å². The van der Waals surface area contributed by atoms with Gasteiger partial charge in [-0.15, -0.1) is 11.3 Å². The van der Waals surface area contributed by atoms with Crippen LogP contribution in [0.3, 0.4) is 0 Å². The van der Waals surface area contributed by atoms with E-state index in [1.165, 1.54) is 55.1 Å². The predicted octanol–water partition coefficient (Wildman–Crippen LogP) is 3.58. The van der Waals surface area contributed by atoms with Gasteiger partial charge in [-0.1, -0.05) is 0 Å². The van der Waals surface area contributed by atoms with Crippen LogP contribution in [0.25, 0.3) is 0 Å². The SMILES string of the molecule is Cc1ccc(C(C)N2CCC(C3CCCN3)CC2)s1. The van der Waals surface area contributed by atoms with E-state index in [1.54, 1.807) is 0 Å². The van der Waals surface area contributed by atoms with Crippen LogP contribution < -0.4 is 5.32 Å². The molecule has 2 atom stereocenters. The predicted molar refractivity (Wildman–Crippen MR) is 82.8 cm³/mol. The van der Waals surface area contributed by atoms with Crippen LogP contribution in [-0.2, 0) is 0 Å². The number of piperidine rings is 1. The third-order valence-electron chi connectivity index (χ3n) is 4.96. The standard InChI is InChI=1S/C16H26N2S/c1-12-5-6-16(19-12)13(2)18-10-7-14(8-11-18)15-4-3-9-17-15/h5-6,13-15,17H,3-4,7-11H2,1-2H3. The minimum absolute atomic E-state index is 0.608. The van der Waals surface area contributed by atoms with Gasteiger partial charge in [0.1, 0.15) is 0 Å². The Morgan fingerprint density at radius 3 is 2.63 bits per heavy atom. The van der Waals surface area contributed by atoms with Gasteiger partial charge in [0, 0.05) is 21.8 Å². The van der Waals surface area contributed by atoms with Gasteiger partial charge in [-0.05, 0) is 77.2 Å². The van der Waals surface area contributed by atoms with Crippen molar-refractivity contribution >= 4 is 11.3 Å². The fourth-order valence-corrected chi connectivity index (χ4v) is 4.64. The summed E-state index contributed by atoms with van der Waals surface area (Å²) >= 11 is 1.96. The van der Waals surface area contributed by atoms with Gasteiger partial charge in [-0.25, -0.2) is 0 Å². The van der Waals surface area contributed by atoms with E-state index in [0.717, 1.165) is 12.0 Å². The molecular formula is C16H26N2S. The topological polar surface area (TPSA) is 15.3 Å². The number of hydrogen-bond donors (Lipinski definition) is 1. The smallest absolute Gasteiger partial charge is 0.0413 e. The molecule has 106 valence electrons. The Morgan fingerprint density at radius 2 is 2.05 bits per heavy atom. The summed E-state index contributed by atoms with van der Waals surface area (Å²) in [6, 6.07) is 6.00. The lowest BCUT2D eigenvalue weighted by atomic mass is 9.88. The minimum atomic E-state index is 0.608. The van der Waals surface area contributed by atoms with Crippen molar-refractivity contribution < 1.29 is 0 Å². The molecule has 0 spiro atoms. The highest BCUT2D eigenvalue weighted by Gasteiger charge is 2.30. The van der Waals surface area contributed by atoms with Crippen LogP contribution in [0, 0.1) is 12.8 Å². The second-order valence-electron chi connectivity index (χ2n) is 6.20. The fourth-order valence-electron chi connectivity index (χ4n) is 3.68. The zero-order chi connectivity index (χ0) is 13.2. The number of nitrogens with one attached hydrogen (secondary N) is 1. The Kier molecular flexibility index (Phi) is 4.25. The van der Waals surface area contributed by atoms with Crippen molar-refractivity contribution in [2.24, 2.45) is 5.92 Å². The van der Waals surface area contributed by atoms with Crippen molar-refractivity contribution in [1.82, 2.24) is 10.2 Å². The van der Waals surface area contributed by atoms with Gasteiger partial charge in [0.25, 0.3) is 0 Å². The van der Waals surface area contributed by atoms with Crippen LogP contribution in [0.5, 0.6) is 0 Å². The first-order valence-corrected chi connectivity index (χ1v) is 8.59. The Labute approximate surface area is 121 Å². The number of rotatable bonds is 3. The molecule has 2 unspecified atom stereocenters. The minimum Gasteiger partial charge on any atom is -0.314 e. The van der Waals surface area contributed by atoms with Gasteiger partial charge in [0.15, 0.2) is 0 Å². The van der Waals surface area contributed by atoms with Crippen LogP contribution in [0.15, 0.2) is 12.1 Å². The van der Waals surface area contributed by atoms with E-state index in [4.69, 9.17) is 0 Å². The third kappa shape index (κ3) is 3.04. The molecule has 3 heterocycles. The van der Waals surface area contributed by atoms with Crippen molar-refractivity contribution in [3.05, 3.63) is 21.9 Å². The lowest BCUT2D eigenvalue weighted by Gasteiger charge is -2.37. The molecule has 0 aliphatic carbocycles. The highest BCUT2D eigenvalue weighted by atomic mass is 32.1. The second-order valence-corrected chi connectivity index (χ2v) is 7.52. The van der Waals surface area contributed by atoms with Gasteiger partial charge in [-0.2, -0.15) is 0 Å². The third-order valence-corrected chi connectivity index (χ3v) is 6.13. The summed E-state index contributed by atoms with van der Waals surface area (Å²) < 4.78 is 0. The molecule has 0 radical (unpaired) electrons. The summed E-state index contributed by atoms with van der Waals surface area (Å²) in [6.07, 6.45) is 5.55. The summed E-state index contributed by atoms with van der Waals surface area (Å²) in [4.78, 5) is 5.65. The first-order chi connectivity index (χ1) is 9.24. The van der Waals surface area contributed by atoms with E-state index in [9.17, 15) is 0 Å². The van der Waals surface area contributed by atoms with Crippen molar-refractivity contribution in [3.8, 4) is 0 Å².